The van der Waals surface area contributed by atoms with Gasteiger partial charge in [0, 0.05) is 58.1 Å². The zero-order valence-electron chi connectivity index (χ0n) is 17.4. The Morgan fingerprint density at radius 3 is 2.42 bits per heavy atom. The molecule has 1 aromatic carbocycles. The van der Waals surface area contributed by atoms with E-state index in [4.69, 9.17) is 0 Å². The number of hydrogen-bond acceptors (Lipinski definition) is 6. The number of nitrogens with one attached hydrogen (secondary N) is 1. The van der Waals surface area contributed by atoms with E-state index in [0.717, 1.165) is 5.56 Å². The summed E-state index contributed by atoms with van der Waals surface area (Å²) in [6.07, 6.45) is 4.44. The normalized spacial score (nSPS) is 13.8. The van der Waals surface area contributed by atoms with Crippen molar-refractivity contribution in [1.29, 1.82) is 0 Å². The van der Waals surface area contributed by atoms with Crippen LogP contribution in [0.5, 0.6) is 0 Å². The van der Waals surface area contributed by atoms with E-state index in [9.17, 15) is 9.59 Å². The van der Waals surface area contributed by atoms with Crippen molar-refractivity contribution in [2.75, 3.05) is 36.4 Å². The SMILES string of the molecule is Cn1nc(C(=O)N2CCN(c3ncccn3)CC2)cc1NC(=O)CCc1ccccc1. The van der Waals surface area contributed by atoms with Gasteiger partial charge in [0.1, 0.15) is 5.82 Å². The Morgan fingerprint density at radius 1 is 1.00 bits per heavy atom. The average Bonchev–Trinajstić information content (AvgIpc) is 3.18. The van der Waals surface area contributed by atoms with Crippen molar-refractivity contribution in [2.45, 2.75) is 12.8 Å². The van der Waals surface area contributed by atoms with Crippen LogP contribution in [0.2, 0.25) is 0 Å². The van der Waals surface area contributed by atoms with Crippen LogP contribution in [0.25, 0.3) is 0 Å². The summed E-state index contributed by atoms with van der Waals surface area (Å²) in [5, 5.41) is 7.16. The lowest BCUT2D eigenvalue weighted by Crippen LogP contribution is -2.49. The van der Waals surface area contributed by atoms with Gasteiger partial charge in [-0.1, -0.05) is 30.3 Å². The summed E-state index contributed by atoms with van der Waals surface area (Å²) in [4.78, 5) is 37.6. The van der Waals surface area contributed by atoms with E-state index in [2.05, 4.69) is 25.3 Å². The number of nitrogens with zero attached hydrogens (tertiary/aromatic N) is 6. The maximum absolute atomic E-state index is 12.9. The third kappa shape index (κ3) is 5.06. The summed E-state index contributed by atoms with van der Waals surface area (Å²) >= 11 is 0. The Hall–Kier alpha value is -3.75. The topological polar surface area (TPSA) is 96.2 Å². The summed E-state index contributed by atoms with van der Waals surface area (Å²) in [5.41, 5.74) is 1.43. The van der Waals surface area contributed by atoms with Gasteiger partial charge < -0.3 is 15.1 Å². The highest BCUT2D eigenvalue weighted by Gasteiger charge is 2.25. The Bertz CT molecular complexity index is 1030. The fraction of sp³-hybridized carbons (Fsp3) is 0.318. The van der Waals surface area contributed by atoms with Gasteiger partial charge in [-0.3, -0.25) is 14.3 Å². The second-order valence-electron chi connectivity index (χ2n) is 7.40. The minimum absolute atomic E-state index is 0.109. The van der Waals surface area contributed by atoms with Crippen LogP contribution in [0, 0.1) is 0 Å². The Morgan fingerprint density at radius 2 is 1.71 bits per heavy atom. The first-order valence-corrected chi connectivity index (χ1v) is 10.3. The molecule has 4 rings (SSSR count). The highest BCUT2D eigenvalue weighted by Crippen LogP contribution is 2.15. The van der Waals surface area contributed by atoms with Gasteiger partial charge in [0.15, 0.2) is 5.69 Å². The van der Waals surface area contributed by atoms with Crippen LogP contribution in [0.15, 0.2) is 54.9 Å². The summed E-state index contributed by atoms with van der Waals surface area (Å²) in [6, 6.07) is 13.3. The summed E-state index contributed by atoms with van der Waals surface area (Å²) in [6.45, 7) is 2.44. The molecule has 0 saturated carbocycles. The lowest BCUT2D eigenvalue weighted by Gasteiger charge is -2.34. The van der Waals surface area contributed by atoms with Gasteiger partial charge in [-0.15, -0.1) is 0 Å². The molecule has 0 bridgehead atoms. The van der Waals surface area contributed by atoms with Gasteiger partial charge in [-0.05, 0) is 18.1 Å². The van der Waals surface area contributed by atoms with Crippen molar-refractivity contribution in [3.8, 4) is 0 Å². The molecule has 0 unspecified atom stereocenters. The second kappa shape index (κ2) is 9.38. The van der Waals surface area contributed by atoms with Crippen molar-refractivity contribution < 1.29 is 9.59 Å². The third-order valence-electron chi connectivity index (χ3n) is 5.25. The van der Waals surface area contributed by atoms with E-state index in [1.165, 1.54) is 4.68 Å². The predicted octanol–water partition coefficient (Wildman–Crippen LogP) is 1.74. The minimum atomic E-state index is -0.144. The van der Waals surface area contributed by atoms with E-state index in [1.54, 1.807) is 36.5 Å². The lowest BCUT2D eigenvalue weighted by molar-refractivity contribution is -0.116. The molecule has 0 atom stereocenters. The molecular weight excluding hydrogens is 394 g/mol. The van der Waals surface area contributed by atoms with Crippen LogP contribution in [-0.4, -0.2) is 62.6 Å². The van der Waals surface area contributed by atoms with Gasteiger partial charge in [-0.25, -0.2) is 9.97 Å². The molecule has 9 nitrogen and oxygen atoms in total. The van der Waals surface area contributed by atoms with Gasteiger partial charge in [0.25, 0.3) is 5.91 Å². The number of aryl methyl sites for hydroxylation is 2. The fourth-order valence-electron chi connectivity index (χ4n) is 3.52. The van der Waals surface area contributed by atoms with Gasteiger partial charge in [0.2, 0.25) is 11.9 Å². The molecule has 1 N–H and O–H groups in total. The van der Waals surface area contributed by atoms with Crippen molar-refractivity contribution in [3.05, 3.63) is 66.1 Å². The van der Waals surface area contributed by atoms with Crippen molar-refractivity contribution in [2.24, 2.45) is 7.05 Å². The molecular formula is C22H25N7O2. The first-order valence-electron chi connectivity index (χ1n) is 10.3. The smallest absolute Gasteiger partial charge is 0.274 e. The van der Waals surface area contributed by atoms with Crippen LogP contribution >= 0.6 is 0 Å². The van der Waals surface area contributed by atoms with Crippen LogP contribution in [0.4, 0.5) is 11.8 Å². The highest BCUT2D eigenvalue weighted by atomic mass is 16.2. The molecule has 2 aromatic heterocycles. The Kier molecular flexibility index (Phi) is 6.21. The predicted molar refractivity (Wildman–Crippen MR) is 117 cm³/mol. The maximum atomic E-state index is 12.9. The van der Waals surface area contributed by atoms with E-state index in [-0.39, 0.29) is 11.8 Å². The zero-order valence-corrected chi connectivity index (χ0v) is 17.4. The minimum Gasteiger partial charge on any atom is -0.337 e. The number of piperazine rings is 1. The molecule has 3 heterocycles. The van der Waals surface area contributed by atoms with Crippen LogP contribution in [-0.2, 0) is 18.3 Å². The van der Waals surface area contributed by atoms with Gasteiger partial charge in [-0.2, -0.15) is 5.10 Å². The molecule has 0 spiro atoms. The largest absolute Gasteiger partial charge is 0.337 e. The molecule has 1 aliphatic heterocycles. The zero-order chi connectivity index (χ0) is 21.6. The molecule has 0 radical (unpaired) electrons. The fourth-order valence-corrected chi connectivity index (χ4v) is 3.52. The number of rotatable bonds is 6. The molecule has 9 heteroatoms. The summed E-state index contributed by atoms with van der Waals surface area (Å²) in [5.74, 6) is 0.932. The highest BCUT2D eigenvalue weighted by molar-refractivity contribution is 5.95. The van der Waals surface area contributed by atoms with Gasteiger partial charge in [0.05, 0.1) is 0 Å². The molecule has 3 aromatic rings. The van der Waals surface area contributed by atoms with E-state index >= 15 is 0 Å². The number of carbonyl (C=O) groups excluding carboxylic acids is 2. The number of aromatic nitrogens is 4. The second-order valence-corrected chi connectivity index (χ2v) is 7.40. The van der Waals surface area contributed by atoms with Crippen molar-refractivity contribution in [1.82, 2.24) is 24.6 Å². The lowest BCUT2D eigenvalue weighted by atomic mass is 10.1. The average molecular weight is 419 g/mol. The van der Waals surface area contributed by atoms with Crippen LogP contribution < -0.4 is 10.2 Å². The number of benzene rings is 1. The molecule has 160 valence electrons. The third-order valence-corrected chi connectivity index (χ3v) is 5.25. The summed E-state index contributed by atoms with van der Waals surface area (Å²) < 4.78 is 1.53. The van der Waals surface area contributed by atoms with Crippen molar-refractivity contribution >= 4 is 23.6 Å². The van der Waals surface area contributed by atoms with Gasteiger partial charge >= 0.3 is 0 Å². The molecule has 1 aliphatic rings. The summed E-state index contributed by atoms with van der Waals surface area (Å²) in [7, 11) is 1.72. The molecule has 0 aliphatic carbocycles. The van der Waals surface area contributed by atoms with Crippen molar-refractivity contribution in [3.63, 3.8) is 0 Å². The first-order chi connectivity index (χ1) is 15.1. The molecule has 1 fully saturated rings. The monoisotopic (exact) mass is 419 g/mol. The quantitative estimate of drug-likeness (QED) is 0.654. The number of carbonyl (C=O) groups is 2. The van der Waals surface area contributed by atoms with E-state index in [1.807, 2.05) is 30.3 Å². The molecule has 2 amide bonds. The maximum Gasteiger partial charge on any atom is 0.274 e. The standard InChI is InChI=1S/C22H25N7O2/c1-27-19(25-20(30)9-8-17-6-3-2-4-7-17)16-18(26-27)21(31)28-12-14-29(15-13-28)22-23-10-5-11-24-22/h2-7,10-11,16H,8-9,12-15H2,1H3,(H,25,30). The Balaban J connectivity index is 1.32. The number of anilines is 2. The van der Waals surface area contributed by atoms with E-state index < -0.39 is 0 Å². The molecule has 31 heavy (non-hydrogen) atoms. The number of hydrogen-bond donors (Lipinski definition) is 1. The number of amides is 2. The van der Waals surface area contributed by atoms with E-state index in [0.29, 0.717) is 56.5 Å². The van der Waals surface area contributed by atoms with Crippen LogP contribution in [0.1, 0.15) is 22.5 Å². The van der Waals surface area contributed by atoms with Crippen LogP contribution in [0.3, 0.4) is 0 Å². The molecule has 1 saturated heterocycles. The Labute approximate surface area is 180 Å². The first kappa shape index (κ1) is 20.5.